The number of anilines is 1. The van der Waals surface area contributed by atoms with Crippen LogP contribution in [0.2, 0.25) is 0 Å². The SMILES string of the molecule is Cc1cnc(C=C2C(=O)Nc3ccc(F)c(-c4cccc(O)c4)c32)[nH]1. The molecule has 0 fully saturated rings. The highest BCUT2D eigenvalue weighted by atomic mass is 19.1. The summed E-state index contributed by atoms with van der Waals surface area (Å²) in [6.07, 6.45) is 3.25. The fraction of sp³-hybridized carbons (Fsp3) is 0.0526. The highest BCUT2D eigenvalue weighted by Crippen LogP contribution is 2.42. The van der Waals surface area contributed by atoms with Gasteiger partial charge < -0.3 is 15.4 Å². The van der Waals surface area contributed by atoms with Gasteiger partial charge in [0, 0.05) is 28.7 Å². The molecule has 0 bridgehead atoms. The molecule has 0 unspecified atom stereocenters. The zero-order chi connectivity index (χ0) is 17.6. The van der Waals surface area contributed by atoms with E-state index in [0.29, 0.717) is 28.2 Å². The summed E-state index contributed by atoms with van der Waals surface area (Å²) in [5.41, 5.74) is 2.93. The van der Waals surface area contributed by atoms with E-state index >= 15 is 0 Å². The van der Waals surface area contributed by atoms with Crippen LogP contribution in [0.4, 0.5) is 10.1 Å². The van der Waals surface area contributed by atoms with Crippen molar-refractivity contribution in [1.82, 2.24) is 9.97 Å². The Morgan fingerprint density at radius 1 is 1.20 bits per heavy atom. The average molecular weight is 335 g/mol. The molecule has 124 valence electrons. The number of aromatic amines is 1. The number of aromatic hydroxyl groups is 1. The summed E-state index contributed by atoms with van der Waals surface area (Å²) >= 11 is 0. The molecule has 0 radical (unpaired) electrons. The summed E-state index contributed by atoms with van der Waals surface area (Å²) in [6, 6.07) is 9.14. The molecule has 1 amide bonds. The van der Waals surface area contributed by atoms with Gasteiger partial charge in [0.2, 0.25) is 0 Å². The second-order valence-electron chi connectivity index (χ2n) is 5.86. The lowest BCUT2D eigenvalue weighted by molar-refractivity contribution is -0.110. The molecule has 3 N–H and O–H groups in total. The molecule has 3 aromatic rings. The maximum absolute atomic E-state index is 14.6. The van der Waals surface area contributed by atoms with Gasteiger partial charge in [0.05, 0.1) is 5.57 Å². The van der Waals surface area contributed by atoms with Gasteiger partial charge >= 0.3 is 0 Å². The van der Waals surface area contributed by atoms with Crippen LogP contribution in [0.5, 0.6) is 5.75 Å². The van der Waals surface area contributed by atoms with Crippen LogP contribution < -0.4 is 5.32 Å². The summed E-state index contributed by atoms with van der Waals surface area (Å²) in [5.74, 6) is -0.251. The van der Waals surface area contributed by atoms with Gasteiger partial charge in [-0.05, 0) is 42.8 Å². The lowest BCUT2D eigenvalue weighted by Gasteiger charge is -2.10. The van der Waals surface area contributed by atoms with E-state index in [0.717, 1.165) is 5.69 Å². The molecule has 1 aromatic heterocycles. The number of rotatable bonds is 2. The highest BCUT2D eigenvalue weighted by molar-refractivity contribution is 6.36. The number of amides is 1. The topological polar surface area (TPSA) is 78.0 Å². The van der Waals surface area contributed by atoms with Crippen molar-refractivity contribution >= 4 is 23.2 Å². The first-order chi connectivity index (χ1) is 12.0. The second-order valence-corrected chi connectivity index (χ2v) is 5.86. The third-order valence-electron chi connectivity index (χ3n) is 4.06. The quantitative estimate of drug-likeness (QED) is 0.625. The predicted molar refractivity (Wildman–Crippen MR) is 93.3 cm³/mol. The van der Waals surface area contributed by atoms with E-state index in [-0.39, 0.29) is 17.2 Å². The van der Waals surface area contributed by atoms with Crippen molar-refractivity contribution < 1.29 is 14.3 Å². The first kappa shape index (κ1) is 15.1. The molecule has 0 aliphatic carbocycles. The number of H-pyrrole nitrogens is 1. The zero-order valence-corrected chi connectivity index (χ0v) is 13.3. The maximum atomic E-state index is 14.6. The molecule has 2 aromatic carbocycles. The third-order valence-corrected chi connectivity index (χ3v) is 4.06. The summed E-state index contributed by atoms with van der Waals surface area (Å²) in [7, 11) is 0. The maximum Gasteiger partial charge on any atom is 0.256 e. The Morgan fingerprint density at radius 2 is 2.04 bits per heavy atom. The standard InChI is InChI=1S/C19H14FN3O2/c1-10-9-21-16(22-10)8-13-18-15(23-19(13)25)6-5-14(20)17(18)11-3-2-4-12(24)7-11/h2-9,24H,1H3,(H,21,22)(H,23,25). The minimum absolute atomic E-state index is 0.0268. The molecule has 0 saturated carbocycles. The molecule has 4 rings (SSSR count). The van der Waals surface area contributed by atoms with Crippen LogP contribution in [0.15, 0.2) is 42.6 Å². The van der Waals surface area contributed by atoms with Crippen molar-refractivity contribution in [1.29, 1.82) is 0 Å². The smallest absolute Gasteiger partial charge is 0.256 e. The van der Waals surface area contributed by atoms with Gasteiger partial charge in [-0.1, -0.05) is 12.1 Å². The van der Waals surface area contributed by atoms with Crippen molar-refractivity contribution in [3.63, 3.8) is 0 Å². The van der Waals surface area contributed by atoms with E-state index in [9.17, 15) is 14.3 Å². The number of fused-ring (bicyclic) bond motifs is 1. The number of benzene rings is 2. The summed E-state index contributed by atoms with van der Waals surface area (Å²) < 4.78 is 14.6. The Hall–Kier alpha value is -3.41. The van der Waals surface area contributed by atoms with Gasteiger partial charge in [-0.3, -0.25) is 4.79 Å². The van der Waals surface area contributed by atoms with E-state index in [4.69, 9.17) is 0 Å². The number of aryl methyl sites for hydroxylation is 1. The van der Waals surface area contributed by atoms with Gasteiger partial charge in [-0.15, -0.1) is 0 Å². The molecule has 0 spiro atoms. The Balaban J connectivity index is 1.96. The van der Waals surface area contributed by atoms with Crippen LogP contribution in [-0.2, 0) is 4.79 Å². The fourth-order valence-electron chi connectivity index (χ4n) is 2.99. The Bertz CT molecular complexity index is 1040. The van der Waals surface area contributed by atoms with Crippen LogP contribution in [0.25, 0.3) is 22.8 Å². The molecule has 0 atom stereocenters. The lowest BCUT2D eigenvalue weighted by atomic mass is 9.94. The van der Waals surface area contributed by atoms with E-state index in [1.54, 1.807) is 24.4 Å². The number of hydrogen-bond acceptors (Lipinski definition) is 3. The van der Waals surface area contributed by atoms with Crippen molar-refractivity contribution in [2.75, 3.05) is 5.32 Å². The molecule has 2 heterocycles. The van der Waals surface area contributed by atoms with Crippen molar-refractivity contribution in [2.24, 2.45) is 0 Å². The van der Waals surface area contributed by atoms with Crippen LogP contribution >= 0.6 is 0 Å². The van der Waals surface area contributed by atoms with E-state index in [1.807, 2.05) is 6.92 Å². The monoisotopic (exact) mass is 335 g/mol. The van der Waals surface area contributed by atoms with Gasteiger partial charge in [0.1, 0.15) is 17.4 Å². The number of aromatic nitrogens is 2. The number of nitrogens with zero attached hydrogens (tertiary/aromatic N) is 1. The predicted octanol–water partition coefficient (Wildman–Crippen LogP) is 3.72. The number of carbonyl (C=O) groups is 1. The van der Waals surface area contributed by atoms with Crippen molar-refractivity contribution in [3.8, 4) is 16.9 Å². The number of imidazole rings is 1. The van der Waals surface area contributed by atoms with Crippen LogP contribution in [-0.4, -0.2) is 21.0 Å². The minimum atomic E-state index is -0.470. The Kier molecular flexibility index (Phi) is 3.39. The fourth-order valence-corrected chi connectivity index (χ4v) is 2.99. The van der Waals surface area contributed by atoms with Crippen LogP contribution in [0, 0.1) is 12.7 Å². The van der Waals surface area contributed by atoms with Crippen LogP contribution in [0.1, 0.15) is 17.1 Å². The van der Waals surface area contributed by atoms with E-state index < -0.39 is 5.82 Å². The zero-order valence-electron chi connectivity index (χ0n) is 13.3. The molecule has 0 saturated heterocycles. The average Bonchev–Trinajstić information content (AvgIpc) is 3.12. The van der Waals surface area contributed by atoms with Crippen molar-refractivity contribution in [2.45, 2.75) is 6.92 Å². The Labute approximate surface area is 142 Å². The second kappa shape index (κ2) is 5.59. The summed E-state index contributed by atoms with van der Waals surface area (Å²) in [5, 5.41) is 12.5. The number of hydrogen-bond donors (Lipinski definition) is 3. The van der Waals surface area contributed by atoms with Crippen LogP contribution in [0.3, 0.4) is 0 Å². The lowest BCUT2D eigenvalue weighted by Crippen LogP contribution is -2.03. The number of phenolic OH excluding ortho intramolecular Hbond substituents is 1. The normalized spacial score (nSPS) is 14.6. The molecule has 5 nitrogen and oxygen atoms in total. The molecule has 1 aliphatic heterocycles. The van der Waals surface area contributed by atoms with E-state index in [1.165, 1.54) is 24.3 Å². The summed E-state index contributed by atoms with van der Waals surface area (Å²) in [6.45, 7) is 1.86. The van der Waals surface area contributed by atoms with Gasteiger partial charge in [-0.25, -0.2) is 9.37 Å². The largest absolute Gasteiger partial charge is 0.508 e. The Morgan fingerprint density at radius 3 is 2.76 bits per heavy atom. The van der Waals surface area contributed by atoms with Gasteiger partial charge in [-0.2, -0.15) is 0 Å². The number of phenols is 1. The van der Waals surface area contributed by atoms with Gasteiger partial charge in [0.25, 0.3) is 5.91 Å². The molecule has 25 heavy (non-hydrogen) atoms. The molecule has 1 aliphatic rings. The molecule has 6 heteroatoms. The first-order valence-corrected chi connectivity index (χ1v) is 7.70. The van der Waals surface area contributed by atoms with Gasteiger partial charge in [0.15, 0.2) is 0 Å². The molecular weight excluding hydrogens is 321 g/mol. The number of halogens is 1. The van der Waals surface area contributed by atoms with Crippen molar-refractivity contribution in [3.05, 3.63) is 65.5 Å². The number of carbonyl (C=O) groups excluding carboxylic acids is 1. The first-order valence-electron chi connectivity index (χ1n) is 7.70. The highest BCUT2D eigenvalue weighted by Gasteiger charge is 2.29. The third kappa shape index (κ3) is 2.57. The minimum Gasteiger partial charge on any atom is -0.508 e. The summed E-state index contributed by atoms with van der Waals surface area (Å²) in [4.78, 5) is 19.6. The molecular formula is C19H14FN3O2. The van der Waals surface area contributed by atoms with E-state index in [2.05, 4.69) is 15.3 Å². The number of nitrogens with one attached hydrogen (secondary N) is 2.